The van der Waals surface area contributed by atoms with Gasteiger partial charge in [0.2, 0.25) is 5.91 Å². The third-order valence-electron chi connectivity index (χ3n) is 3.74. The molecule has 0 saturated heterocycles. The van der Waals surface area contributed by atoms with E-state index in [4.69, 9.17) is 5.73 Å². The lowest BCUT2D eigenvalue weighted by Gasteiger charge is -2.06. The van der Waals surface area contributed by atoms with Crippen LogP contribution in [0.5, 0.6) is 0 Å². The number of carbonyl (C=O) groups excluding carboxylic acids is 1. The summed E-state index contributed by atoms with van der Waals surface area (Å²) in [5.74, 6) is -0.0356. The lowest BCUT2D eigenvalue weighted by molar-refractivity contribution is -0.120. The summed E-state index contributed by atoms with van der Waals surface area (Å²) in [7, 11) is 0. The Kier molecular flexibility index (Phi) is 4.87. The molecule has 0 spiro atoms. The third-order valence-corrected chi connectivity index (χ3v) is 3.74. The molecule has 1 heterocycles. The molecule has 4 nitrogen and oxygen atoms in total. The van der Waals surface area contributed by atoms with Crippen LogP contribution < -0.4 is 11.1 Å². The van der Waals surface area contributed by atoms with E-state index in [1.165, 1.54) is 0 Å². The lowest BCUT2D eigenvalue weighted by Crippen LogP contribution is -2.24. The van der Waals surface area contributed by atoms with Crippen molar-refractivity contribution in [2.45, 2.75) is 13.0 Å². The Morgan fingerprint density at radius 2 is 1.62 bits per heavy atom. The van der Waals surface area contributed by atoms with Gasteiger partial charge in [0.25, 0.3) is 0 Å². The predicted molar refractivity (Wildman–Crippen MR) is 96.1 cm³/mol. The molecular weight excluding hydrogens is 298 g/mol. The van der Waals surface area contributed by atoms with E-state index in [9.17, 15) is 4.79 Å². The molecule has 4 heteroatoms. The van der Waals surface area contributed by atoms with Crippen molar-refractivity contribution in [3.63, 3.8) is 0 Å². The standard InChI is InChI=1S/C20H19N3O/c21-18-9-6-16(7-10-18)17-8-11-19(22-14-17)12-20(24)23-13-15-4-2-1-3-5-15/h1-11,14H,12-13,21H2,(H,23,24). The van der Waals surface area contributed by atoms with Crippen LogP contribution in [0.15, 0.2) is 72.9 Å². The van der Waals surface area contributed by atoms with Gasteiger partial charge < -0.3 is 11.1 Å². The van der Waals surface area contributed by atoms with Gasteiger partial charge in [-0.1, -0.05) is 48.5 Å². The number of aromatic nitrogens is 1. The largest absolute Gasteiger partial charge is 0.399 e. The van der Waals surface area contributed by atoms with E-state index >= 15 is 0 Å². The van der Waals surface area contributed by atoms with Crippen molar-refractivity contribution in [1.29, 1.82) is 0 Å². The van der Waals surface area contributed by atoms with Crippen molar-refractivity contribution in [1.82, 2.24) is 10.3 Å². The summed E-state index contributed by atoms with van der Waals surface area (Å²) in [6.45, 7) is 0.531. The number of anilines is 1. The van der Waals surface area contributed by atoms with Crippen molar-refractivity contribution < 1.29 is 4.79 Å². The van der Waals surface area contributed by atoms with Gasteiger partial charge in [-0.25, -0.2) is 0 Å². The normalized spacial score (nSPS) is 10.3. The van der Waals surface area contributed by atoms with Gasteiger partial charge in [-0.05, 0) is 29.3 Å². The number of amides is 1. The average molecular weight is 317 g/mol. The summed E-state index contributed by atoms with van der Waals surface area (Å²) in [5.41, 5.74) is 10.3. The second-order valence-electron chi connectivity index (χ2n) is 5.60. The van der Waals surface area contributed by atoms with Gasteiger partial charge in [0.1, 0.15) is 0 Å². The minimum atomic E-state index is -0.0356. The van der Waals surface area contributed by atoms with Gasteiger partial charge in [0.05, 0.1) is 6.42 Å². The zero-order chi connectivity index (χ0) is 16.8. The minimum Gasteiger partial charge on any atom is -0.399 e. The minimum absolute atomic E-state index is 0.0356. The number of pyridine rings is 1. The van der Waals surface area contributed by atoms with Crippen LogP contribution in [0.2, 0.25) is 0 Å². The van der Waals surface area contributed by atoms with E-state index in [-0.39, 0.29) is 12.3 Å². The molecule has 1 aromatic heterocycles. The highest BCUT2D eigenvalue weighted by atomic mass is 16.1. The quantitative estimate of drug-likeness (QED) is 0.710. The van der Waals surface area contributed by atoms with Crippen molar-refractivity contribution in [3.8, 4) is 11.1 Å². The summed E-state index contributed by atoms with van der Waals surface area (Å²) in [4.78, 5) is 16.4. The highest BCUT2D eigenvalue weighted by Crippen LogP contribution is 2.19. The number of rotatable bonds is 5. The molecule has 3 N–H and O–H groups in total. The first-order valence-electron chi connectivity index (χ1n) is 7.82. The Bertz CT molecular complexity index is 797. The molecule has 0 bridgehead atoms. The first kappa shape index (κ1) is 15.7. The molecule has 0 aliphatic carbocycles. The van der Waals surface area contributed by atoms with Gasteiger partial charge in [0.15, 0.2) is 0 Å². The fourth-order valence-corrected chi connectivity index (χ4v) is 2.40. The van der Waals surface area contributed by atoms with Crippen molar-refractivity contribution in [2.24, 2.45) is 0 Å². The smallest absolute Gasteiger partial charge is 0.226 e. The van der Waals surface area contributed by atoms with Gasteiger partial charge in [-0.3, -0.25) is 9.78 Å². The molecule has 0 fully saturated rings. The molecule has 0 unspecified atom stereocenters. The molecule has 0 atom stereocenters. The monoisotopic (exact) mass is 317 g/mol. The van der Waals surface area contributed by atoms with E-state index in [1.807, 2.05) is 66.7 Å². The molecule has 1 amide bonds. The molecule has 2 aromatic carbocycles. The summed E-state index contributed by atoms with van der Waals surface area (Å²) < 4.78 is 0. The molecule has 3 rings (SSSR count). The Morgan fingerprint density at radius 1 is 0.917 bits per heavy atom. The molecule has 0 aliphatic heterocycles. The SMILES string of the molecule is Nc1ccc(-c2ccc(CC(=O)NCc3ccccc3)nc2)cc1. The predicted octanol–water partition coefficient (Wildman–Crippen LogP) is 3.19. The van der Waals surface area contributed by atoms with Crippen molar-refractivity contribution in [2.75, 3.05) is 5.73 Å². The maximum atomic E-state index is 12.0. The van der Waals surface area contributed by atoms with Gasteiger partial charge in [0, 0.05) is 29.7 Å². The van der Waals surface area contributed by atoms with Crippen molar-refractivity contribution in [3.05, 3.63) is 84.2 Å². The lowest BCUT2D eigenvalue weighted by atomic mass is 10.1. The first-order valence-corrected chi connectivity index (χ1v) is 7.82. The van der Waals surface area contributed by atoms with Crippen LogP contribution >= 0.6 is 0 Å². The summed E-state index contributed by atoms with van der Waals surface area (Å²) in [6, 6.07) is 21.3. The molecule has 0 saturated carbocycles. The van der Waals surface area contributed by atoms with E-state index < -0.39 is 0 Å². The topological polar surface area (TPSA) is 68.0 Å². The Labute approximate surface area is 141 Å². The van der Waals surface area contributed by atoms with Gasteiger partial charge >= 0.3 is 0 Å². The number of benzene rings is 2. The van der Waals surface area contributed by atoms with E-state index in [2.05, 4.69) is 10.3 Å². The van der Waals surface area contributed by atoms with Crippen LogP contribution in [0.4, 0.5) is 5.69 Å². The molecule has 120 valence electrons. The Morgan fingerprint density at radius 3 is 2.29 bits per heavy atom. The van der Waals surface area contributed by atoms with E-state index in [1.54, 1.807) is 6.20 Å². The zero-order valence-electron chi connectivity index (χ0n) is 13.3. The third kappa shape index (κ3) is 4.20. The maximum absolute atomic E-state index is 12.0. The molecule has 0 aliphatic rings. The number of hydrogen-bond acceptors (Lipinski definition) is 3. The fourth-order valence-electron chi connectivity index (χ4n) is 2.40. The number of carbonyl (C=O) groups is 1. The van der Waals surface area contributed by atoms with E-state index in [0.29, 0.717) is 6.54 Å². The molecule has 0 radical (unpaired) electrons. The number of nitrogens with one attached hydrogen (secondary N) is 1. The van der Waals surface area contributed by atoms with Crippen LogP contribution in [-0.4, -0.2) is 10.9 Å². The number of nitrogens with zero attached hydrogens (tertiary/aromatic N) is 1. The second kappa shape index (κ2) is 7.42. The summed E-state index contributed by atoms with van der Waals surface area (Å²) in [5, 5.41) is 2.91. The molecular formula is C20H19N3O. The number of hydrogen-bond donors (Lipinski definition) is 2. The summed E-state index contributed by atoms with van der Waals surface area (Å²) in [6.07, 6.45) is 2.06. The Balaban J connectivity index is 1.57. The van der Waals surface area contributed by atoms with E-state index in [0.717, 1.165) is 28.1 Å². The van der Waals surface area contributed by atoms with Gasteiger partial charge in [-0.2, -0.15) is 0 Å². The molecule has 3 aromatic rings. The Hall–Kier alpha value is -3.14. The highest BCUT2D eigenvalue weighted by Gasteiger charge is 2.05. The average Bonchev–Trinajstić information content (AvgIpc) is 2.62. The number of nitrogens with two attached hydrogens (primary N) is 1. The van der Waals surface area contributed by atoms with Crippen LogP contribution in [0.3, 0.4) is 0 Å². The van der Waals surface area contributed by atoms with Crippen molar-refractivity contribution >= 4 is 11.6 Å². The zero-order valence-corrected chi connectivity index (χ0v) is 13.3. The fraction of sp³-hybridized carbons (Fsp3) is 0.100. The van der Waals surface area contributed by atoms with Crippen LogP contribution in [0.25, 0.3) is 11.1 Å². The van der Waals surface area contributed by atoms with Crippen LogP contribution in [0, 0.1) is 0 Å². The molecule has 24 heavy (non-hydrogen) atoms. The highest BCUT2D eigenvalue weighted by molar-refractivity contribution is 5.78. The van der Waals surface area contributed by atoms with Crippen LogP contribution in [-0.2, 0) is 17.8 Å². The maximum Gasteiger partial charge on any atom is 0.226 e. The van der Waals surface area contributed by atoms with Crippen LogP contribution in [0.1, 0.15) is 11.3 Å². The first-order chi connectivity index (χ1) is 11.7. The second-order valence-corrected chi connectivity index (χ2v) is 5.60. The number of nitrogen functional groups attached to an aromatic ring is 1. The van der Waals surface area contributed by atoms with Gasteiger partial charge in [-0.15, -0.1) is 0 Å². The summed E-state index contributed by atoms with van der Waals surface area (Å²) >= 11 is 0.